The minimum atomic E-state index is 0.00276. The van der Waals surface area contributed by atoms with E-state index in [9.17, 15) is 9.90 Å². The van der Waals surface area contributed by atoms with E-state index in [4.69, 9.17) is 4.42 Å². The first-order valence-corrected chi connectivity index (χ1v) is 10.9. The van der Waals surface area contributed by atoms with Crippen LogP contribution in [-0.4, -0.2) is 52.3 Å². The van der Waals surface area contributed by atoms with Gasteiger partial charge in [0.05, 0.1) is 0 Å². The van der Waals surface area contributed by atoms with Crippen molar-refractivity contribution in [3.05, 3.63) is 83.9 Å². The smallest absolute Gasteiger partial charge is 0.253 e. The van der Waals surface area contributed by atoms with Crippen molar-refractivity contribution in [2.45, 2.75) is 6.92 Å². The molecule has 1 saturated heterocycles. The van der Waals surface area contributed by atoms with Gasteiger partial charge in [-0.15, -0.1) is 10.2 Å². The number of aromatic hydroxyl groups is 1. The summed E-state index contributed by atoms with van der Waals surface area (Å²) in [5.41, 5.74) is 4.40. The largest absolute Gasteiger partial charge is 0.508 e. The van der Waals surface area contributed by atoms with Crippen molar-refractivity contribution >= 4 is 11.6 Å². The monoisotopic (exact) mass is 440 g/mol. The molecule has 0 unspecified atom stereocenters. The van der Waals surface area contributed by atoms with Gasteiger partial charge in [0.25, 0.3) is 5.91 Å². The van der Waals surface area contributed by atoms with Crippen molar-refractivity contribution in [1.82, 2.24) is 15.1 Å². The summed E-state index contributed by atoms with van der Waals surface area (Å²) >= 11 is 0. The van der Waals surface area contributed by atoms with Crippen molar-refractivity contribution < 1.29 is 14.3 Å². The van der Waals surface area contributed by atoms with Crippen LogP contribution in [-0.2, 0) is 0 Å². The van der Waals surface area contributed by atoms with Gasteiger partial charge in [-0.3, -0.25) is 4.79 Å². The van der Waals surface area contributed by atoms with E-state index in [-0.39, 0.29) is 11.7 Å². The third kappa shape index (κ3) is 4.43. The number of hydrogen-bond donors (Lipinski definition) is 1. The summed E-state index contributed by atoms with van der Waals surface area (Å²) in [6.45, 7) is 4.72. The fourth-order valence-electron chi connectivity index (χ4n) is 3.95. The van der Waals surface area contributed by atoms with Gasteiger partial charge in [-0.2, -0.15) is 0 Å². The number of hydrogen-bond acceptors (Lipinski definition) is 6. The number of nitrogens with zero attached hydrogens (tertiary/aromatic N) is 4. The Morgan fingerprint density at radius 2 is 1.45 bits per heavy atom. The van der Waals surface area contributed by atoms with Gasteiger partial charge in [-0.1, -0.05) is 23.8 Å². The first-order chi connectivity index (χ1) is 16.1. The Morgan fingerprint density at radius 1 is 0.848 bits per heavy atom. The SMILES string of the molecule is Cc1ccc(-c2nnc(-c3ccc(C(=O)N4CCN(c5cccc(O)c5)CC4)cc3)o2)cc1. The van der Waals surface area contributed by atoms with Crippen LogP contribution < -0.4 is 4.90 Å². The molecule has 4 aromatic rings. The number of carbonyl (C=O) groups is 1. The second-order valence-electron chi connectivity index (χ2n) is 8.15. The fraction of sp³-hybridized carbons (Fsp3) is 0.192. The third-order valence-corrected chi connectivity index (χ3v) is 5.86. The number of benzene rings is 3. The Hall–Kier alpha value is -4.13. The lowest BCUT2D eigenvalue weighted by atomic mass is 10.1. The van der Waals surface area contributed by atoms with Crippen LogP contribution in [0.25, 0.3) is 22.9 Å². The minimum absolute atomic E-state index is 0.00276. The molecule has 1 amide bonds. The zero-order valence-electron chi connectivity index (χ0n) is 18.3. The molecule has 166 valence electrons. The highest BCUT2D eigenvalue weighted by Gasteiger charge is 2.23. The first-order valence-electron chi connectivity index (χ1n) is 10.9. The maximum atomic E-state index is 13.0. The molecule has 1 N–H and O–H groups in total. The van der Waals surface area contributed by atoms with Crippen molar-refractivity contribution in [2.75, 3.05) is 31.1 Å². The number of rotatable bonds is 4. The summed E-state index contributed by atoms with van der Waals surface area (Å²) in [7, 11) is 0. The van der Waals surface area contributed by atoms with Crippen LogP contribution in [0.4, 0.5) is 5.69 Å². The van der Waals surface area contributed by atoms with Gasteiger partial charge >= 0.3 is 0 Å². The van der Waals surface area contributed by atoms with E-state index < -0.39 is 0 Å². The van der Waals surface area contributed by atoms with Crippen molar-refractivity contribution in [3.8, 4) is 28.7 Å². The molecule has 1 fully saturated rings. The Morgan fingerprint density at radius 3 is 2.06 bits per heavy atom. The molecule has 7 nitrogen and oxygen atoms in total. The second kappa shape index (κ2) is 8.78. The predicted octanol–water partition coefficient (Wildman–Crippen LogP) is 4.38. The van der Waals surface area contributed by atoms with E-state index in [1.807, 2.05) is 60.4 Å². The summed E-state index contributed by atoms with van der Waals surface area (Å²) < 4.78 is 5.83. The van der Waals surface area contributed by atoms with Crippen LogP contribution in [0.2, 0.25) is 0 Å². The Labute approximate surface area is 191 Å². The highest BCUT2D eigenvalue weighted by molar-refractivity contribution is 5.94. The van der Waals surface area contributed by atoms with Crippen LogP contribution in [0.3, 0.4) is 0 Å². The number of anilines is 1. The number of carbonyl (C=O) groups excluding carboxylic acids is 1. The normalized spacial score (nSPS) is 13.8. The molecule has 0 saturated carbocycles. The fourth-order valence-corrected chi connectivity index (χ4v) is 3.95. The molecule has 1 aromatic heterocycles. The molecule has 1 aliphatic heterocycles. The van der Waals surface area contributed by atoms with Crippen LogP contribution in [0.1, 0.15) is 15.9 Å². The summed E-state index contributed by atoms with van der Waals surface area (Å²) in [5, 5.41) is 18.0. The number of amides is 1. The van der Waals surface area contributed by atoms with Crippen LogP contribution in [0, 0.1) is 6.92 Å². The van der Waals surface area contributed by atoms with E-state index >= 15 is 0 Å². The van der Waals surface area contributed by atoms with E-state index in [0.29, 0.717) is 30.4 Å². The lowest BCUT2D eigenvalue weighted by Gasteiger charge is -2.36. The highest BCUT2D eigenvalue weighted by atomic mass is 16.4. The Balaban J connectivity index is 1.24. The summed E-state index contributed by atoms with van der Waals surface area (Å²) in [4.78, 5) is 17.0. The average molecular weight is 441 g/mol. The molecule has 0 aliphatic carbocycles. The number of phenolic OH excluding ortho intramolecular Hbond substituents is 1. The highest BCUT2D eigenvalue weighted by Crippen LogP contribution is 2.25. The zero-order valence-corrected chi connectivity index (χ0v) is 18.3. The molecule has 0 radical (unpaired) electrons. The maximum absolute atomic E-state index is 13.0. The van der Waals surface area contributed by atoms with Gasteiger partial charge < -0.3 is 19.3 Å². The Kier molecular flexibility index (Phi) is 5.52. The van der Waals surface area contributed by atoms with Crippen molar-refractivity contribution in [3.63, 3.8) is 0 Å². The molecule has 7 heteroatoms. The third-order valence-electron chi connectivity index (χ3n) is 5.86. The van der Waals surface area contributed by atoms with Crippen LogP contribution in [0.15, 0.2) is 77.2 Å². The minimum Gasteiger partial charge on any atom is -0.508 e. The molecular weight excluding hydrogens is 416 g/mol. The van der Waals surface area contributed by atoms with Crippen molar-refractivity contribution in [2.24, 2.45) is 0 Å². The van der Waals surface area contributed by atoms with Gasteiger partial charge in [0.2, 0.25) is 11.8 Å². The number of aryl methyl sites for hydroxylation is 1. The van der Waals surface area contributed by atoms with Crippen molar-refractivity contribution in [1.29, 1.82) is 0 Å². The van der Waals surface area contributed by atoms with E-state index in [1.165, 1.54) is 5.56 Å². The molecule has 0 atom stereocenters. The van der Waals surface area contributed by atoms with Gasteiger partial charge in [-0.25, -0.2) is 0 Å². The van der Waals surface area contributed by atoms with E-state index in [1.54, 1.807) is 24.3 Å². The van der Waals surface area contributed by atoms with Gasteiger partial charge in [-0.05, 0) is 55.5 Å². The van der Waals surface area contributed by atoms with Gasteiger partial charge in [0, 0.05) is 54.6 Å². The second-order valence-corrected chi connectivity index (χ2v) is 8.15. The predicted molar refractivity (Wildman–Crippen MR) is 126 cm³/mol. The lowest BCUT2D eigenvalue weighted by Crippen LogP contribution is -2.48. The maximum Gasteiger partial charge on any atom is 0.253 e. The lowest BCUT2D eigenvalue weighted by molar-refractivity contribution is 0.0746. The molecule has 1 aliphatic rings. The zero-order chi connectivity index (χ0) is 22.8. The summed E-state index contributed by atoms with van der Waals surface area (Å²) in [6, 6.07) is 22.4. The molecule has 0 spiro atoms. The Bertz CT molecular complexity index is 1260. The molecular formula is C26H24N4O3. The summed E-state index contributed by atoms with van der Waals surface area (Å²) in [6.07, 6.45) is 0. The molecule has 5 rings (SSSR count). The van der Waals surface area contributed by atoms with E-state index in [2.05, 4.69) is 15.1 Å². The number of piperazine rings is 1. The number of aromatic nitrogens is 2. The number of phenols is 1. The van der Waals surface area contributed by atoms with E-state index in [0.717, 1.165) is 29.9 Å². The van der Waals surface area contributed by atoms with Crippen LogP contribution >= 0.6 is 0 Å². The molecule has 2 heterocycles. The topological polar surface area (TPSA) is 82.7 Å². The first kappa shape index (κ1) is 20.8. The standard InChI is InChI=1S/C26H24N4O3/c1-18-5-7-19(8-6-18)24-27-28-25(33-24)20-9-11-21(12-10-20)26(32)30-15-13-29(14-16-30)22-3-2-4-23(31)17-22/h2-12,17,31H,13-16H2,1H3. The van der Waals surface area contributed by atoms with Gasteiger partial charge in [0.1, 0.15) is 5.75 Å². The summed E-state index contributed by atoms with van der Waals surface area (Å²) in [5.74, 6) is 1.14. The average Bonchev–Trinajstić information content (AvgIpc) is 3.35. The van der Waals surface area contributed by atoms with Gasteiger partial charge in [0.15, 0.2) is 0 Å². The quantitative estimate of drug-likeness (QED) is 0.507. The van der Waals surface area contributed by atoms with Crippen LogP contribution in [0.5, 0.6) is 5.75 Å². The molecule has 33 heavy (non-hydrogen) atoms. The molecule has 3 aromatic carbocycles. The molecule has 0 bridgehead atoms.